The molecule has 0 spiro atoms. The molecule has 3 aromatic carbocycles. The molecule has 0 fully saturated rings. The highest BCUT2D eigenvalue weighted by Gasteiger charge is 2.42. The molecule has 1 aliphatic rings. The Kier molecular flexibility index (Phi) is 7.52. The Bertz CT molecular complexity index is 1730. The topological polar surface area (TPSA) is 143 Å². The number of carboxylic acids is 1. The summed E-state index contributed by atoms with van der Waals surface area (Å²) in [4.78, 5) is 47.8. The van der Waals surface area contributed by atoms with Gasteiger partial charge in [-0.2, -0.15) is 0 Å². The molecule has 0 unspecified atom stereocenters. The number of hydrogen-bond acceptors (Lipinski definition) is 7. The molecule has 1 atom stereocenters. The van der Waals surface area contributed by atoms with Gasteiger partial charge in [0.1, 0.15) is 17.4 Å². The smallest absolute Gasteiger partial charge is 0.303 e. The predicted molar refractivity (Wildman–Crippen MR) is 150 cm³/mol. The van der Waals surface area contributed by atoms with Crippen molar-refractivity contribution in [3.05, 3.63) is 94.3 Å². The number of carbonyl (C=O) groups is 2. The maximum atomic E-state index is 13.6. The summed E-state index contributed by atoms with van der Waals surface area (Å²) in [6.07, 6.45) is 1.34. The Morgan fingerprint density at radius 1 is 1.10 bits per heavy atom. The average Bonchev–Trinajstić information content (AvgIpc) is 3.36. The van der Waals surface area contributed by atoms with Gasteiger partial charge in [0.2, 0.25) is 5.60 Å². The Balaban J connectivity index is 1.44. The van der Waals surface area contributed by atoms with Gasteiger partial charge in [-0.25, -0.2) is 9.37 Å². The summed E-state index contributed by atoms with van der Waals surface area (Å²) in [5.74, 6) is -1.49. The fourth-order valence-corrected chi connectivity index (χ4v) is 4.64. The van der Waals surface area contributed by atoms with E-state index in [1.165, 1.54) is 34.9 Å². The number of aromatic hydroxyl groups is 1. The minimum absolute atomic E-state index is 0.00539. The number of nitrogens with one attached hydrogen (secondary N) is 1. The van der Waals surface area contributed by atoms with Crippen LogP contribution in [0, 0.1) is 5.82 Å². The van der Waals surface area contributed by atoms with Crippen molar-refractivity contribution in [2.24, 2.45) is 5.16 Å². The fourth-order valence-electron chi connectivity index (χ4n) is 4.64. The second-order valence-corrected chi connectivity index (χ2v) is 9.99. The van der Waals surface area contributed by atoms with Crippen LogP contribution in [-0.4, -0.2) is 43.0 Å². The number of para-hydroxylation sites is 2. The molecular formula is C30H27FN4O6. The number of fused-ring (bicyclic) bond motifs is 1. The van der Waals surface area contributed by atoms with Crippen LogP contribution in [0.4, 0.5) is 10.1 Å². The van der Waals surface area contributed by atoms with Gasteiger partial charge in [-0.1, -0.05) is 23.4 Å². The molecule has 0 aliphatic carbocycles. The summed E-state index contributed by atoms with van der Waals surface area (Å²) >= 11 is 0. The highest BCUT2D eigenvalue weighted by Crippen LogP contribution is 2.31. The monoisotopic (exact) mass is 558 g/mol. The van der Waals surface area contributed by atoms with Gasteiger partial charge in [-0.3, -0.25) is 19.0 Å². The number of rotatable bonds is 9. The zero-order valence-corrected chi connectivity index (χ0v) is 22.1. The van der Waals surface area contributed by atoms with E-state index in [0.29, 0.717) is 53.0 Å². The summed E-state index contributed by atoms with van der Waals surface area (Å²) in [5.41, 5.74) is 0.504. The van der Waals surface area contributed by atoms with Crippen molar-refractivity contribution < 1.29 is 29.0 Å². The van der Waals surface area contributed by atoms with Crippen molar-refractivity contribution in [3.8, 4) is 11.4 Å². The lowest BCUT2D eigenvalue weighted by Gasteiger charge is -2.20. The van der Waals surface area contributed by atoms with Crippen LogP contribution in [0.15, 0.2) is 76.7 Å². The van der Waals surface area contributed by atoms with Gasteiger partial charge in [0.05, 0.1) is 28.0 Å². The maximum absolute atomic E-state index is 13.6. The lowest BCUT2D eigenvalue weighted by atomic mass is 9.94. The van der Waals surface area contributed by atoms with Gasteiger partial charge >= 0.3 is 5.97 Å². The highest BCUT2D eigenvalue weighted by molar-refractivity contribution is 6.09. The third kappa shape index (κ3) is 5.79. The first kappa shape index (κ1) is 27.5. The van der Waals surface area contributed by atoms with E-state index in [0.717, 1.165) is 0 Å². The lowest BCUT2D eigenvalue weighted by Crippen LogP contribution is -2.40. The van der Waals surface area contributed by atoms with E-state index in [4.69, 9.17) is 14.9 Å². The number of unbranched alkanes of at least 4 members (excludes halogenated alkanes) is 1. The second kappa shape index (κ2) is 11.2. The molecule has 0 radical (unpaired) electrons. The highest BCUT2D eigenvalue weighted by atomic mass is 19.1. The number of aliphatic carboxylic acids is 1. The largest absolute Gasteiger partial charge is 0.506 e. The Labute approximate surface area is 233 Å². The third-order valence-corrected chi connectivity index (χ3v) is 6.89. The van der Waals surface area contributed by atoms with Crippen molar-refractivity contribution in [1.82, 2.24) is 9.55 Å². The van der Waals surface area contributed by atoms with Crippen LogP contribution < -0.4 is 10.9 Å². The molecule has 210 valence electrons. The van der Waals surface area contributed by atoms with Crippen LogP contribution >= 0.6 is 0 Å². The number of carboxylic acid groups (broad SMARTS) is 1. The van der Waals surface area contributed by atoms with Gasteiger partial charge in [-0.15, -0.1) is 0 Å². The van der Waals surface area contributed by atoms with E-state index in [9.17, 15) is 23.9 Å². The molecule has 1 aliphatic heterocycles. The number of aryl methyl sites for hydroxylation is 1. The third-order valence-electron chi connectivity index (χ3n) is 6.89. The van der Waals surface area contributed by atoms with Gasteiger partial charge in [-0.05, 0) is 68.3 Å². The normalized spacial score (nSPS) is 16.3. The molecular weight excluding hydrogens is 531 g/mol. The van der Waals surface area contributed by atoms with E-state index in [2.05, 4.69) is 10.5 Å². The number of phenolic OH excluding ortho intramolecular Hbond substituents is 1. The standard InChI is InChI=1S/C30H27FN4O6/c1-30(29(40)33-22-6-2-3-7-25(22)36)17-24(34-41-30)18-10-15-21-23(16-18)32-26(8-4-5-9-27(37)38)35(28(21)39)20-13-11-19(31)12-14-20/h2-3,6-7,10-16,36H,4-5,8-9,17H2,1H3,(H,33,40)(H,37,38)/t30-/m0/s1. The number of benzene rings is 3. The molecule has 3 N–H and O–H groups in total. The predicted octanol–water partition coefficient (Wildman–Crippen LogP) is 4.55. The van der Waals surface area contributed by atoms with Crippen molar-refractivity contribution in [3.63, 3.8) is 0 Å². The zero-order valence-electron chi connectivity index (χ0n) is 22.1. The molecule has 1 aromatic heterocycles. The van der Waals surface area contributed by atoms with Crippen LogP contribution in [0.3, 0.4) is 0 Å². The minimum Gasteiger partial charge on any atom is -0.506 e. The molecule has 41 heavy (non-hydrogen) atoms. The average molecular weight is 559 g/mol. The number of aromatic nitrogens is 2. The summed E-state index contributed by atoms with van der Waals surface area (Å²) < 4.78 is 15.0. The van der Waals surface area contributed by atoms with Crippen LogP contribution in [0.2, 0.25) is 0 Å². The molecule has 1 amide bonds. The van der Waals surface area contributed by atoms with E-state index in [1.54, 1.807) is 43.3 Å². The van der Waals surface area contributed by atoms with Crippen LogP contribution in [0.1, 0.15) is 44.0 Å². The van der Waals surface area contributed by atoms with Crippen molar-refractivity contribution in [2.45, 2.75) is 44.6 Å². The summed E-state index contributed by atoms with van der Waals surface area (Å²) in [7, 11) is 0. The Morgan fingerprint density at radius 3 is 2.59 bits per heavy atom. The number of anilines is 1. The number of halogens is 1. The summed E-state index contributed by atoms with van der Waals surface area (Å²) in [6, 6.07) is 16.9. The van der Waals surface area contributed by atoms with Gasteiger partial charge in [0.25, 0.3) is 11.5 Å². The van der Waals surface area contributed by atoms with Crippen molar-refractivity contribution in [1.29, 1.82) is 0 Å². The van der Waals surface area contributed by atoms with Gasteiger partial charge < -0.3 is 20.4 Å². The van der Waals surface area contributed by atoms with E-state index >= 15 is 0 Å². The zero-order chi connectivity index (χ0) is 29.1. The second-order valence-electron chi connectivity index (χ2n) is 9.99. The molecule has 5 rings (SSSR count). The van der Waals surface area contributed by atoms with Crippen LogP contribution in [0.5, 0.6) is 5.75 Å². The Morgan fingerprint density at radius 2 is 1.85 bits per heavy atom. The lowest BCUT2D eigenvalue weighted by molar-refractivity contribution is -0.137. The number of nitrogens with zero attached hydrogens (tertiary/aromatic N) is 3. The Hall–Kier alpha value is -5.06. The molecule has 11 heteroatoms. The van der Waals surface area contributed by atoms with Crippen molar-refractivity contribution in [2.75, 3.05) is 5.32 Å². The van der Waals surface area contributed by atoms with E-state index < -0.39 is 23.3 Å². The van der Waals surface area contributed by atoms with E-state index in [1.807, 2.05) is 0 Å². The molecule has 4 aromatic rings. The van der Waals surface area contributed by atoms with E-state index in [-0.39, 0.29) is 29.8 Å². The van der Waals surface area contributed by atoms with Gasteiger partial charge in [0, 0.05) is 24.8 Å². The first-order chi connectivity index (χ1) is 19.6. The SMILES string of the molecule is C[C@@]1(C(=O)Nc2ccccc2O)CC(c2ccc3c(=O)n(-c4ccc(F)cc4)c(CCCCC(=O)O)nc3c2)=NO1. The molecule has 0 saturated carbocycles. The molecule has 0 saturated heterocycles. The molecule has 10 nitrogen and oxygen atoms in total. The fraction of sp³-hybridized carbons (Fsp3) is 0.233. The first-order valence-electron chi connectivity index (χ1n) is 13.0. The number of oxime groups is 1. The summed E-state index contributed by atoms with van der Waals surface area (Å²) in [5, 5.41) is 26.1. The first-order valence-corrected chi connectivity index (χ1v) is 13.0. The number of carbonyl (C=O) groups excluding carboxylic acids is 1. The van der Waals surface area contributed by atoms with Gasteiger partial charge in [0.15, 0.2) is 0 Å². The molecule has 0 bridgehead atoms. The number of amides is 1. The molecule has 2 heterocycles. The van der Waals surface area contributed by atoms with Crippen LogP contribution in [0.25, 0.3) is 16.6 Å². The summed E-state index contributed by atoms with van der Waals surface area (Å²) in [6.45, 7) is 1.59. The van der Waals surface area contributed by atoms with Crippen LogP contribution in [-0.2, 0) is 20.8 Å². The minimum atomic E-state index is -1.33. The quantitative estimate of drug-likeness (QED) is 0.202. The van der Waals surface area contributed by atoms with Crippen molar-refractivity contribution >= 4 is 34.2 Å². The maximum Gasteiger partial charge on any atom is 0.303 e. The number of phenols is 1. The number of hydrogen-bond donors (Lipinski definition) is 3.